The average molecular weight is 445 g/mol. The maximum atomic E-state index is 13.0. The Morgan fingerprint density at radius 2 is 1.77 bits per heavy atom. The molecule has 0 aromatic heterocycles. The summed E-state index contributed by atoms with van der Waals surface area (Å²) in [6.07, 6.45) is 2.64. The van der Waals surface area contributed by atoms with E-state index < -0.39 is 21.8 Å². The van der Waals surface area contributed by atoms with Gasteiger partial charge in [0, 0.05) is 24.7 Å². The van der Waals surface area contributed by atoms with Crippen LogP contribution in [0.15, 0.2) is 59.5 Å². The molecular weight excluding hydrogens is 422 g/mol. The highest BCUT2D eigenvalue weighted by Crippen LogP contribution is 2.28. The molecule has 2 aromatic carbocycles. The summed E-state index contributed by atoms with van der Waals surface area (Å²) in [6.45, 7) is 1.18. The zero-order valence-corrected chi connectivity index (χ0v) is 17.7. The van der Waals surface area contributed by atoms with E-state index in [1.807, 2.05) is 0 Å². The molecule has 0 unspecified atom stereocenters. The minimum atomic E-state index is -3.78. The van der Waals surface area contributed by atoms with E-state index in [2.05, 4.69) is 10.9 Å². The predicted molar refractivity (Wildman–Crippen MR) is 114 cm³/mol. The lowest BCUT2D eigenvalue weighted by atomic mass is 10.2. The third kappa shape index (κ3) is 5.69. The molecule has 2 aromatic rings. The van der Waals surface area contributed by atoms with Crippen molar-refractivity contribution in [1.29, 1.82) is 0 Å². The van der Waals surface area contributed by atoms with E-state index in [0.29, 0.717) is 24.3 Å². The number of amides is 2. The minimum Gasteiger partial charge on any atom is -0.495 e. The summed E-state index contributed by atoms with van der Waals surface area (Å²) in [4.78, 5) is 24.0. The normalized spacial score (nSPS) is 14.9. The van der Waals surface area contributed by atoms with Crippen LogP contribution in [0.1, 0.15) is 15.9 Å². The molecule has 0 radical (unpaired) electrons. The van der Waals surface area contributed by atoms with E-state index >= 15 is 0 Å². The van der Waals surface area contributed by atoms with Crippen molar-refractivity contribution < 1.29 is 27.5 Å². The van der Waals surface area contributed by atoms with Crippen LogP contribution in [0.5, 0.6) is 5.75 Å². The molecule has 0 aliphatic carbocycles. The number of carbonyl (C=O) groups is 2. The molecule has 0 spiro atoms. The Morgan fingerprint density at radius 3 is 2.45 bits per heavy atom. The fraction of sp³-hybridized carbons (Fsp3) is 0.238. The molecular formula is C21H23N3O6S. The van der Waals surface area contributed by atoms with E-state index in [-0.39, 0.29) is 23.7 Å². The van der Waals surface area contributed by atoms with E-state index in [9.17, 15) is 18.0 Å². The van der Waals surface area contributed by atoms with Crippen LogP contribution >= 0.6 is 0 Å². The molecule has 2 amide bonds. The van der Waals surface area contributed by atoms with Crippen LogP contribution in [-0.2, 0) is 19.6 Å². The van der Waals surface area contributed by atoms with Crippen LogP contribution in [-0.4, -0.2) is 58.0 Å². The number of sulfonamides is 1. The monoisotopic (exact) mass is 445 g/mol. The Hall–Kier alpha value is -3.21. The first-order valence-corrected chi connectivity index (χ1v) is 10.9. The second-order valence-corrected chi connectivity index (χ2v) is 8.48. The van der Waals surface area contributed by atoms with Crippen LogP contribution in [0.4, 0.5) is 0 Å². The fourth-order valence-corrected chi connectivity index (χ4v) is 4.52. The van der Waals surface area contributed by atoms with Crippen molar-refractivity contribution in [3.05, 3.63) is 65.7 Å². The Labute approximate surface area is 180 Å². The second-order valence-electron chi connectivity index (χ2n) is 6.57. The van der Waals surface area contributed by atoms with Gasteiger partial charge >= 0.3 is 0 Å². The Balaban J connectivity index is 1.70. The summed E-state index contributed by atoms with van der Waals surface area (Å²) < 4.78 is 37.8. The number of hydrogen-bond acceptors (Lipinski definition) is 6. The van der Waals surface area contributed by atoms with Crippen molar-refractivity contribution in [1.82, 2.24) is 15.2 Å². The lowest BCUT2D eigenvalue weighted by molar-refractivity contribution is -0.117. The van der Waals surface area contributed by atoms with Crippen molar-refractivity contribution in [3.63, 3.8) is 0 Å². The number of hydrogen-bond donors (Lipinski definition) is 2. The number of carbonyl (C=O) groups excluding carboxylic acids is 2. The van der Waals surface area contributed by atoms with E-state index in [0.717, 1.165) is 0 Å². The average Bonchev–Trinajstić information content (AvgIpc) is 2.82. The largest absolute Gasteiger partial charge is 0.495 e. The Kier molecular flexibility index (Phi) is 7.40. The predicted octanol–water partition coefficient (Wildman–Crippen LogP) is 1.19. The van der Waals surface area contributed by atoms with Crippen LogP contribution in [0.2, 0.25) is 0 Å². The number of nitrogens with one attached hydrogen (secondary N) is 2. The zero-order chi connectivity index (χ0) is 22.3. The third-order valence-electron chi connectivity index (χ3n) is 4.54. The molecule has 1 saturated heterocycles. The first-order valence-electron chi connectivity index (χ1n) is 9.51. The number of rotatable bonds is 6. The Morgan fingerprint density at radius 1 is 1.06 bits per heavy atom. The molecule has 164 valence electrons. The van der Waals surface area contributed by atoms with Gasteiger partial charge in [-0.15, -0.1) is 0 Å². The first kappa shape index (κ1) is 22.5. The van der Waals surface area contributed by atoms with Gasteiger partial charge in [0.1, 0.15) is 10.6 Å². The molecule has 1 aliphatic heterocycles. The van der Waals surface area contributed by atoms with Crippen LogP contribution in [0, 0.1) is 0 Å². The fourth-order valence-electron chi connectivity index (χ4n) is 2.92. The van der Waals surface area contributed by atoms with Gasteiger partial charge in [-0.3, -0.25) is 20.4 Å². The highest BCUT2D eigenvalue weighted by atomic mass is 32.2. The summed E-state index contributed by atoms with van der Waals surface area (Å²) in [7, 11) is -2.39. The molecule has 1 heterocycles. The van der Waals surface area contributed by atoms with Gasteiger partial charge in [-0.05, 0) is 35.9 Å². The molecule has 10 heteroatoms. The third-order valence-corrected chi connectivity index (χ3v) is 6.46. The molecule has 9 nitrogen and oxygen atoms in total. The summed E-state index contributed by atoms with van der Waals surface area (Å²) in [6, 6.07) is 13.0. The van der Waals surface area contributed by atoms with Gasteiger partial charge in [-0.1, -0.05) is 24.3 Å². The van der Waals surface area contributed by atoms with Gasteiger partial charge in [0.2, 0.25) is 10.0 Å². The van der Waals surface area contributed by atoms with Gasteiger partial charge in [0.25, 0.3) is 11.8 Å². The van der Waals surface area contributed by atoms with Crippen molar-refractivity contribution in [2.45, 2.75) is 4.90 Å². The summed E-state index contributed by atoms with van der Waals surface area (Å²) in [5.74, 6) is -0.813. The Bertz CT molecular complexity index is 1060. The molecule has 0 saturated carbocycles. The van der Waals surface area contributed by atoms with Gasteiger partial charge in [0.05, 0.1) is 20.3 Å². The van der Waals surface area contributed by atoms with Crippen LogP contribution in [0.25, 0.3) is 6.08 Å². The molecule has 0 atom stereocenters. The summed E-state index contributed by atoms with van der Waals surface area (Å²) in [5.41, 5.74) is 5.47. The summed E-state index contributed by atoms with van der Waals surface area (Å²) in [5, 5.41) is 0. The van der Waals surface area contributed by atoms with E-state index in [4.69, 9.17) is 9.47 Å². The van der Waals surface area contributed by atoms with Crippen molar-refractivity contribution in [2.24, 2.45) is 0 Å². The maximum absolute atomic E-state index is 13.0. The molecule has 1 fully saturated rings. The summed E-state index contributed by atoms with van der Waals surface area (Å²) >= 11 is 0. The first-order chi connectivity index (χ1) is 14.9. The SMILES string of the molecule is COc1ccc(C=CC(=O)NNC(=O)c2ccccc2)cc1S(=O)(=O)N1CCOCC1. The second kappa shape index (κ2) is 10.2. The zero-order valence-electron chi connectivity index (χ0n) is 16.9. The van der Waals surface area contributed by atoms with Crippen LogP contribution < -0.4 is 15.6 Å². The number of methoxy groups -OCH3 is 1. The van der Waals surface area contributed by atoms with Crippen molar-refractivity contribution in [3.8, 4) is 5.75 Å². The number of benzene rings is 2. The van der Waals surface area contributed by atoms with Crippen LogP contribution in [0.3, 0.4) is 0 Å². The van der Waals surface area contributed by atoms with Crippen molar-refractivity contribution in [2.75, 3.05) is 33.4 Å². The number of morpholine rings is 1. The highest BCUT2D eigenvalue weighted by molar-refractivity contribution is 7.89. The van der Waals surface area contributed by atoms with Gasteiger partial charge < -0.3 is 9.47 Å². The standard InChI is InChI=1S/C21H23N3O6S/c1-29-18-9-7-16(15-19(18)31(27,28)24-11-13-30-14-12-24)8-10-20(25)22-23-21(26)17-5-3-2-4-6-17/h2-10,15H,11-14H2,1H3,(H,22,25)(H,23,26). The van der Waals surface area contributed by atoms with E-state index in [1.165, 1.54) is 35.7 Å². The molecule has 2 N–H and O–H groups in total. The molecule has 3 rings (SSSR count). The quantitative estimate of drug-likeness (QED) is 0.510. The maximum Gasteiger partial charge on any atom is 0.269 e. The molecule has 1 aliphatic rings. The molecule has 0 bridgehead atoms. The van der Waals surface area contributed by atoms with Crippen molar-refractivity contribution >= 4 is 27.9 Å². The van der Waals surface area contributed by atoms with Gasteiger partial charge in [0.15, 0.2) is 0 Å². The smallest absolute Gasteiger partial charge is 0.269 e. The molecule has 31 heavy (non-hydrogen) atoms. The highest BCUT2D eigenvalue weighted by Gasteiger charge is 2.29. The number of ether oxygens (including phenoxy) is 2. The lowest BCUT2D eigenvalue weighted by Crippen LogP contribution is -2.40. The minimum absolute atomic E-state index is 0.0110. The number of hydrazine groups is 1. The van der Waals surface area contributed by atoms with Gasteiger partial charge in [-0.25, -0.2) is 8.42 Å². The van der Waals surface area contributed by atoms with E-state index in [1.54, 1.807) is 36.4 Å². The lowest BCUT2D eigenvalue weighted by Gasteiger charge is -2.26. The topological polar surface area (TPSA) is 114 Å². The number of nitrogens with zero attached hydrogens (tertiary/aromatic N) is 1. The van der Waals surface area contributed by atoms with Gasteiger partial charge in [-0.2, -0.15) is 4.31 Å².